The highest BCUT2D eigenvalue weighted by atomic mass is 16.5. The van der Waals surface area contributed by atoms with Crippen LogP contribution in [-0.2, 0) is 9.47 Å². The van der Waals surface area contributed by atoms with Crippen LogP contribution in [0.3, 0.4) is 0 Å². The Hall–Kier alpha value is -1.85. The number of benzene rings is 1. The second-order valence-corrected chi connectivity index (χ2v) is 7.24. The van der Waals surface area contributed by atoms with Gasteiger partial charge in [-0.3, -0.25) is 4.99 Å². The highest BCUT2D eigenvalue weighted by Crippen LogP contribution is 2.19. The second-order valence-electron chi connectivity index (χ2n) is 7.24. The van der Waals surface area contributed by atoms with Crippen LogP contribution in [0.2, 0.25) is 0 Å². The molecule has 0 aromatic heterocycles. The van der Waals surface area contributed by atoms with Gasteiger partial charge in [0.05, 0.1) is 12.7 Å². The predicted molar refractivity (Wildman–Crippen MR) is 111 cm³/mol. The average Bonchev–Trinajstić information content (AvgIpc) is 3.23. The average molecular weight is 372 g/mol. The smallest absolute Gasteiger partial charge is 0.193 e. The summed E-state index contributed by atoms with van der Waals surface area (Å²) >= 11 is 0. The number of rotatable bonds is 7. The van der Waals surface area contributed by atoms with Gasteiger partial charge in [0, 0.05) is 39.9 Å². The Morgan fingerprint density at radius 1 is 1.30 bits per heavy atom. The Morgan fingerprint density at radius 3 is 2.81 bits per heavy atom. The fourth-order valence-corrected chi connectivity index (χ4v) is 3.63. The Morgan fingerprint density at radius 2 is 2.11 bits per heavy atom. The summed E-state index contributed by atoms with van der Waals surface area (Å²) in [6.07, 6.45) is 8.14. The number of ether oxygens (including phenoxy) is 2. The van der Waals surface area contributed by atoms with Crippen LogP contribution in [0.1, 0.15) is 37.7 Å². The zero-order valence-electron chi connectivity index (χ0n) is 16.5. The minimum atomic E-state index is 0.317. The molecule has 1 atom stereocenters. The largest absolute Gasteiger partial charge is 0.379 e. The van der Waals surface area contributed by atoms with E-state index in [0.29, 0.717) is 6.10 Å². The molecule has 0 spiro atoms. The summed E-state index contributed by atoms with van der Waals surface area (Å²) in [7, 11) is 1.87. The SMILES string of the molecule is CN=C(NCCCOCC1CCCO1)N1CCC(=Cc2ccccc2)CC1. The van der Waals surface area contributed by atoms with Gasteiger partial charge < -0.3 is 19.7 Å². The van der Waals surface area contributed by atoms with Crippen molar-refractivity contribution in [1.82, 2.24) is 10.2 Å². The Labute approximate surface area is 163 Å². The minimum absolute atomic E-state index is 0.317. The number of hydrogen-bond donors (Lipinski definition) is 1. The number of piperidine rings is 1. The van der Waals surface area contributed by atoms with E-state index in [9.17, 15) is 0 Å². The van der Waals surface area contributed by atoms with E-state index in [-0.39, 0.29) is 0 Å². The Balaban J connectivity index is 1.32. The summed E-state index contributed by atoms with van der Waals surface area (Å²) in [4.78, 5) is 6.81. The molecule has 2 fully saturated rings. The van der Waals surface area contributed by atoms with Crippen molar-refractivity contribution in [3.8, 4) is 0 Å². The van der Waals surface area contributed by atoms with Crippen molar-refractivity contribution in [1.29, 1.82) is 0 Å². The van der Waals surface area contributed by atoms with Crippen LogP contribution in [0.4, 0.5) is 0 Å². The first-order chi connectivity index (χ1) is 13.3. The van der Waals surface area contributed by atoms with Crippen molar-refractivity contribution in [3.63, 3.8) is 0 Å². The molecule has 1 aromatic rings. The van der Waals surface area contributed by atoms with Crippen LogP contribution in [0, 0.1) is 0 Å². The molecule has 5 nitrogen and oxygen atoms in total. The molecule has 0 radical (unpaired) electrons. The van der Waals surface area contributed by atoms with E-state index in [1.165, 1.54) is 17.6 Å². The summed E-state index contributed by atoms with van der Waals surface area (Å²) in [5.74, 6) is 1.01. The molecule has 1 N–H and O–H groups in total. The number of nitrogens with one attached hydrogen (secondary N) is 1. The molecular formula is C22H33N3O2. The first-order valence-electron chi connectivity index (χ1n) is 10.2. The zero-order chi connectivity index (χ0) is 18.7. The molecule has 0 bridgehead atoms. The summed E-state index contributed by atoms with van der Waals surface area (Å²) in [6.45, 7) is 5.33. The van der Waals surface area contributed by atoms with Crippen LogP contribution in [-0.4, -0.2) is 63.5 Å². The third-order valence-corrected chi connectivity index (χ3v) is 5.16. The van der Waals surface area contributed by atoms with Gasteiger partial charge in [-0.25, -0.2) is 0 Å². The lowest BCUT2D eigenvalue weighted by atomic mass is 10.0. The van der Waals surface area contributed by atoms with Gasteiger partial charge in [0.25, 0.3) is 0 Å². The van der Waals surface area contributed by atoms with Crippen molar-refractivity contribution < 1.29 is 9.47 Å². The van der Waals surface area contributed by atoms with Crippen molar-refractivity contribution in [2.24, 2.45) is 4.99 Å². The Kier molecular flexibility index (Phi) is 8.18. The third-order valence-electron chi connectivity index (χ3n) is 5.16. The summed E-state index contributed by atoms with van der Waals surface area (Å²) in [5, 5.41) is 3.48. The molecule has 2 saturated heterocycles. The predicted octanol–water partition coefficient (Wildman–Crippen LogP) is 3.33. The number of likely N-dealkylation sites (tertiary alicyclic amines) is 1. The van der Waals surface area contributed by atoms with Gasteiger partial charge in [0.15, 0.2) is 5.96 Å². The van der Waals surface area contributed by atoms with E-state index >= 15 is 0 Å². The van der Waals surface area contributed by atoms with Gasteiger partial charge in [-0.05, 0) is 37.7 Å². The topological polar surface area (TPSA) is 46.1 Å². The van der Waals surface area contributed by atoms with Gasteiger partial charge in [-0.2, -0.15) is 0 Å². The molecule has 27 heavy (non-hydrogen) atoms. The highest BCUT2D eigenvalue weighted by molar-refractivity contribution is 5.80. The maximum atomic E-state index is 5.72. The van der Waals surface area contributed by atoms with Gasteiger partial charge in [-0.1, -0.05) is 42.0 Å². The van der Waals surface area contributed by atoms with Crippen molar-refractivity contribution in [2.75, 3.05) is 46.5 Å². The lowest BCUT2D eigenvalue weighted by molar-refractivity contribution is 0.0168. The maximum Gasteiger partial charge on any atom is 0.193 e. The van der Waals surface area contributed by atoms with Crippen molar-refractivity contribution in [2.45, 2.75) is 38.2 Å². The number of aliphatic imine (C=N–C) groups is 1. The fraction of sp³-hybridized carbons (Fsp3) is 0.591. The molecule has 2 aliphatic heterocycles. The van der Waals surface area contributed by atoms with Crippen LogP contribution in [0.5, 0.6) is 0 Å². The van der Waals surface area contributed by atoms with Crippen LogP contribution in [0.25, 0.3) is 6.08 Å². The molecule has 0 aliphatic carbocycles. The number of hydrogen-bond acceptors (Lipinski definition) is 3. The molecule has 1 unspecified atom stereocenters. The van der Waals surface area contributed by atoms with Crippen LogP contribution < -0.4 is 5.32 Å². The molecule has 1 aromatic carbocycles. The van der Waals surface area contributed by atoms with Crippen molar-refractivity contribution >= 4 is 12.0 Å². The van der Waals surface area contributed by atoms with Gasteiger partial charge in [0.2, 0.25) is 0 Å². The van der Waals surface area contributed by atoms with Gasteiger partial charge >= 0.3 is 0 Å². The summed E-state index contributed by atoms with van der Waals surface area (Å²) < 4.78 is 11.3. The first kappa shape index (κ1) is 19.9. The van der Waals surface area contributed by atoms with E-state index in [1.54, 1.807) is 0 Å². The van der Waals surface area contributed by atoms with Crippen molar-refractivity contribution in [3.05, 3.63) is 41.5 Å². The lowest BCUT2D eigenvalue weighted by Crippen LogP contribution is -2.44. The fourth-order valence-electron chi connectivity index (χ4n) is 3.63. The van der Waals surface area contributed by atoms with Gasteiger partial charge in [-0.15, -0.1) is 0 Å². The van der Waals surface area contributed by atoms with E-state index in [1.807, 2.05) is 7.05 Å². The first-order valence-corrected chi connectivity index (χ1v) is 10.2. The summed E-state index contributed by atoms with van der Waals surface area (Å²) in [5.41, 5.74) is 2.82. The summed E-state index contributed by atoms with van der Waals surface area (Å²) in [6, 6.07) is 10.6. The van der Waals surface area contributed by atoms with E-state index in [4.69, 9.17) is 9.47 Å². The standard InChI is InChI=1S/C22H33N3O2/c1-23-22(24-12-6-15-26-18-21-9-5-16-27-21)25-13-10-20(11-14-25)17-19-7-3-2-4-8-19/h2-4,7-8,17,21H,5-6,9-16,18H2,1H3,(H,23,24). The molecule has 0 saturated carbocycles. The molecule has 5 heteroatoms. The normalized spacial score (nSPS) is 20.8. The molecular weight excluding hydrogens is 338 g/mol. The van der Waals surface area contributed by atoms with Crippen LogP contribution in [0.15, 0.2) is 40.9 Å². The number of guanidine groups is 1. The monoisotopic (exact) mass is 371 g/mol. The third kappa shape index (κ3) is 6.67. The van der Waals surface area contributed by atoms with E-state index in [0.717, 1.165) is 71.1 Å². The minimum Gasteiger partial charge on any atom is -0.379 e. The molecule has 0 amide bonds. The molecule has 3 rings (SSSR count). The maximum absolute atomic E-state index is 5.72. The second kappa shape index (κ2) is 11.1. The highest BCUT2D eigenvalue weighted by Gasteiger charge is 2.17. The van der Waals surface area contributed by atoms with E-state index in [2.05, 4.69) is 51.6 Å². The Bertz CT molecular complexity index is 599. The van der Waals surface area contributed by atoms with Gasteiger partial charge in [0.1, 0.15) is 0 Å². The molecule has 2 heterocycles. The van der Waals surface area contributed by atoms with E-state index < -0.39 is 0 Å². The molecule has 148 valence electrons. The van der Waals surface area contributed by atoms with Crippen LogP contribution >= 0.6 is 0 Å². The number of nitrogens with zero attached hydrogens (tertiary/aromatic N) is 2. The quantitative estimate of drug-likeness (QED) is 0.454. The zero-order valence-corrected chi connectivity index (χ0v) is 16.5. The molecule has 2 aliphatic rings. The lowest BCUT2D eigenvalue weighted by Gasteiger charge is -2.31.